The van der Waals surface area contributed by atoms with Gasteiger partial charge in [0.05, 0.1) is 12.1 Å². The largest absolute Gasteiger partial charge is 0.372 e. The molecule has 0 aromatic carbocycles. The second kappa shape index (κ2) is 6.17. The van der Waals surface area contributed by atoms with Crippen LogP contribution in [-0.2, 0) is 4.79 Å². The van der Waals surface area contributed by atoms with Crippen molar-refractivity contribution in [3.8, 4) is 0 Å². The fourth-order valence-electron chi connectivity index (χ4n) is 1.51. The van der Waals surface area contributed by atoms with Crippen molar-refractivity contribution in [2.75, 3.05) is 18.9 Å². The van der Waals surface area contributed by atoms with Crippen LogP contribution in [0.1, 0.15) is 31.1 Å². The Hall–Kier alpha value is -2.11. The van der Waals surface area contributed by atoms with Crippen LogP contribution in [0.4, 0.5) is 5.82 Å². The van der Waals surface area contributed by atoms with Gasteiger partial charge in [0, 0.05) is 18.8 Å². The lowest BCUT2D eigenvalue weighted by molar-refractivity contribution is -0.121. The van der Waals surface area contributed by atoms with Gasteiger partial charge in [-0.25, -0.2) is 4.98 Å². The van der Waals surface area contributed by atoms with E-state index < -0.39 is 0 Å². The van der Waals surface area contributed by atoms with Crippen molar-refractivity contribution in [3.63, 3.8) is 0 Å². The van der Waals surface area contributed by atoms with Gasteiger partial charge in [-0.1, -0.05) is 0 Å². The van der Waals surface area contributed by atoms with Gasteiger partial charge in [0.1, 0.15) is 5.82 Å². The molecule has 0 aliphatic heterocycles. The van der Waals surface area contributed by atoms with Crippen LogP contribution >= 0.6 is 0 Å². The molecule has 19 heavy (non-hydrogen) atoms. The highest BCUT2D eigenvalue weighted by Crippen LogP contribution is 2.09. The fraction of sp³-hybridized carbons (Fsp3) is 0.462. The summed E-state index contributed by atoms with van der Waals surface area (Å²) in [7, 11) is 1.69. The van der Waals surface area contributed by atoms with Gasteiger partial charge in [-0.3, -0.25) is 9.59 Å². The quantitative estimate of drug-likeness (QED) is 0.750. The van der Waals surface area contributed by atoms with E-state index in [2.05, 4.69) is 20.9 Å². The number of carbonyl (C=O) groups is 2. The monoisotopic (exact) mass is 264 g/mol. The van der Waals surface area contributed by atoms with Crippen LogP contribution in [0.5, 0.6) is 0 Å². The standard InChI is InChI=1S/C13H20N4O2/c1-13(2,3)17-10(18)8-16-12(19)9-6-5-7-15-11(9)14-4/h5-7H,8H2,1-4H3,(H,14,15)(H,16,19)(H,17,18). The lowest BCUT2D eigenvalue weighted by Gasteiger charge is -2.20. The zero-order valence-corrected chi connectivity index (χ0v) is 11.7. The summed E-state index contributed by atoms with van der Waals surface area (Å²) in [4.78, 5) is 27.5. The molecule has 1 heterocycles. The number of rotatable bonds is 4. The Bertz CT molecular complexity index is 466. The maximum Gasteiger partial charge on any atom is 0.255 e. The molecule has 0 spiro atoms. The van der Waals surface area contributed by atoms with E-state index in [1.807, 2.05) is 20.8 Å². The molecule has 0 radical (unpaired) electrons. The molecule has 1 aromatic heterocycles. The summed E-state index contributed by atoms with van der Waals surface area (Å²) in [6.07, 6.45) is 1.59. The maximum atomic E-state index is 11.9. The van der Waals surface area contributed by atoms with Gasteiger partial charge in [-0.05, 0) is 32.9 Å². The van der Waals surface area contributed by atoms with E-state index in [1.54, 1.807) is 25.4 Å². The molecule has 0 bridgehead atoms. The summed E-state index contributed by atoms with van der Waals surface area (Å²) in [6, 6.07) is 3.32. The Morgan fingerprint density at radius 2 is 2.00 bits per heavy atom. The molecule has 0 unspecified atom stereocenters. The molecular weight excluding hydrogens is 244 g/mol. The molecule has 6 heteroatoms. The van der Waals surface area contributed by atoms with Crippen molar-refractivity contribution >= 4 is 17.6 Å². The number of nitrogens with one attached hydrogen (secondary N) is 3. The van der Waals surface area contributed by atoms with Crippen molar-refractivity contribution in [1.82, 2.24) is 15.6 Å². The SMILES string of the molecule is CNc1ncccc1C(=O)NCC(=O)NC(C)(C)C. The van der Waals surface area contributed by atoms with Crippen molar-refractivity contribution in [1.29, 1.82) is 0 Å². The second-order valence-electron chi connectivity index (χ2n) is 5.13. The molecule has 2 amide bonds. The Kier molecular flexibility index (Phi) is 4.86. The summed E-state index contributed by atoms with van der Waals surface area (Å²) in [6.45, 7) is 5.58. The molecule has 0 aliphatic rings. The van der Waals surface area contributed by atoms with Crippen LogP contribution in [0, 0.1) is 0 Å². The molecule has 0 atom stereocenters. The van der Waals surface area contributed by atoms with Gasteiger partial charge in [0.2, 0.25) is 5.91 Å². The van der Waals surface area contributed by atoms with Gasteiger partial charge >= 0.3 is 0 Å². The molecule has 1 rings (SSSR count). The summed E-state index contributed by atoms with van der Waals surface area (Å²) >= 11 is 0. The lowest BCUT2D eigenvalue weighted by Crippen LogP contribution is -2.45. The van der Waals surface area contributed by atoms with E-state index in [0.29, 0.717) is 11.4 Å². The van der Waals surface area contributed by atoms with E-state index in [-0.39, 0.29) is 23.9 Å². The minimum absolute atomic E-state index is 0.0614. The average molecular weight is 264 g/mol. The molecular formula is C13H20N4O2. The zero-order chi connectivity index (χ0) is 14.5. The summed E-state index contributed by atoms with van der Waals surface area (Å²) in [5, 5.41) is 8.16. The van der Waals surface area contributed by atoms with Gasteiger partial charge < -0.3 is 16.0 Å². The summed E-state index contributed by atoms with van der Waals surface area (Å²) in [5.41, 5.74) is 0.0975. The average Bonchev–Trinajstić information content (AvgIpc) is 2.33. The first-order chi connectivity index (χ1) is 8.83. The number of hydrogen-bond donors (Lipinski definition) is 3. The third-order valence-corrected chi connectivity index (χ3v) is 2.21. The van der Waals surface area contributed by atoms with Crippen molar-refractivity contribution in [2.24, 2.45) is 0 Å². The minimum atomic E-state index is -0.332. The molecule has 0 fully saturated rings. The van der Waals surface area contributed by atoms with E-state index in [1.165, 1.54) is 0 Å². The Morgan fingerprint density at radius 1 is 1.32 bits per heavy atom. The van der Waals surface area contributed by atoms with Crippen LogP contribution in [0.15, 0.2) is 18.3 Å². The van der Waals surface area contributed by atoms with Crippen LogP contribution < -0.4 is 16.0 Å². The first kappa shape index (κ1) is 14.9. The minimum Gasteiger partial charge on any atom is -0.372 e. The molecule has 0 aliphatic carbocycles. The Balaban J connectivity index is 2.59. The zero-order valence-electron chi connectivity index (χ0n) is 11.7. The number of hydrogen-bond acceptors (Lipinski definition) is 4. The van der Waals surface area contributed by atoms with Crippen LogP contribution in [0.3, 0.4) is 0 Å². The molecule has 3 N–H and O–H groups in total. The number of amides is 2. The van der Waals surface area contributed by atoms with Gasteiger partial charge in [-0.15, -0.1) is 0 Å². The number of pyridine rings is 1. The van der Waals surface area contributed by atoms with E-state index in [4.69, 9.17) is 0 Å². The lowest BCUT2D eigenvalue weighted by atomic mass is 10.1. The van der Waals surface area contributed by atoms with E-state index in [9.17, 15) is 9.59 Å². The highest BCUT2D eigenvalue weighted by Gasteiger charge is 2.16. The van der Waals surface area contributed by atoms with Crippen molar-refractivity contribution in [3.05, 3.63) is 23.9 Å². The Labute approximate surface area is 113 Å². The van der Waals surface area contributed by atoms with Gasteiger partial charge in [-0.2, -0.15) is 0 Å². The van der Waals surface area contributed by atoms with E-state index in [0.717, 1.165) is 0 Å². The molecule has 6 nitrogen and oxygen atoms in total. The van der Waals surface area contributed by atoms with Crippen LogP contribution in [0.25, 0.3) is 0 Å². The predicted molar refractivity (Wildman–Crippen MR) is 74.0 cm³/mol. The normalized spacial score (nSPS) is 10.7. The summed E-state index contributed by atoms with van der Waals surface area (Å²) < 4.78 is 0. The first-order valence-electron chi connectivity index (χ1n) is 6.05. The number of carbonyl (C=O) groups excluding carboxylic acids is 2. The van der Waals surface area contributed by atoms with E-state index >= 15 is 0 Å². The second-order valence-corrected chi connectivity index (χ2v) is 5.13. The molecule has 0 saturated heterocycles. The smallest absolute Gasteiger partial charge is 0.255 e. The third kappa shape index (κ3) is 4.95. The number of aromatic nitrogens is 1. The molecule has 1 aromatic rings. The third-order valence-electron chi connectivity index (χ3n) is 2.21. The highest BCUT2D eigenvalue weighted by molar-refractivity contribution is 6.00. The highest BCUT2D eigenvalue weighted by atomic mass is 16.2. The van der Waals surface area contributed by atoms with Gasteiger partial charge in [0.25, 0.3) is 5.91 Å². The maximum absolute atomic E-state index is 11.9. The topological polar surface area (TPSA) is 83.1 Å². The van der Waals surface area contributed by atoms with Crippen LogP contribution in [0.2, 0.25) is 0 Å². The molecule has 0 saturated carbocycles. The van der Waals surface area contributed by atoms with Gasteiger partial charge in [0.15, 0.2) is 0 Å². The Morgan fingerprint density at radius 3 is 2.58 bits per heavy atom. The van der Waals surface area contributed by atoms with Crippen molar-refractivity contribution in [2.45, 2.75) is 26.3 Å². The summed E-state index contributed by atoms with van der Waals surface area (Å²) in [5.74, 6) is -0.0755. The van der Waals surface area contributed by atoms with Crippen LogP contribution in [-0.4, -0.2) is 35.9 Å². The fourth-order valence-corrected chi connectivity index (χ4v) is 1.51. The van der Waals surface area contributed by atoms with Crippen molar-refractivity contribution < 1.29 is 9.59 Å². The molecule has 104 valence electrons. The first-order valence-corrected chi connectivity index (χ1v) is 6.05. The predicted octanol–water partition coefficient (Wildman–Crippen LogP) is 0.768. The number of anilines is 1. The number of nitrogens with zero attached hydrogens (tertiary/aromatic N) is 1.